The predicted octanol–water partition coefficient (Wildman–Crippen LogP) is 2.83. The first-order valence-electron chi connectivity index (χ1n) is 7.91. The third-order valence-electron chi connectivity index (χ3n) is 4.91. The highest BCUT2D eigenvalue weighted by molar-refractivity contribution is 5.29. The molecule has 2 fully saturated rings. The van der Waals surface area contributed by atoms with E-state index in [1.807, 2.05) is 0 Å². The fraction of sp³-hybridized carbons (Fsp3) is 0.647. The number of piperidine rings is 1. The highest BCUT2D eigenvalue weighted by atomic mass is 16.5. The van der Waals surface area contributed by atoms with Crippen LogP contribution in [-0.4, -0.2) is 37.7 Å². The van der Waals surface area contributed by atoms with Gasteiger partial charge in [0.15, 0.2) is 0 Å². The summed E-state index contributed by atoms with van der Waals surface area (Å²) in [6.45, 7) is 5.65. The molecule has 1 aliphatic heterocycles. The second-order valence-corrected chi connectivity index (χ2v) is 6.17. The van der Waals surface area contributed by atoms with Gasteiger partial charge in [-0.25, -0.2) is 0 Å². The van der Waals surface area contributed by atoms with E-state index in [2.05, 4.69) is 41.4 Å². The van der Waals surface area contributed by atoms with E-state index in [1.54, 1.807) is 7.11 Å². The lowest BCUT2D eigenvalue weighted by Crippen LogP contribution is -2.39. The van der Waals surface area contributed by atoms with Crippen LogP contribution in [0.4, 0.5) is 0 Å². The molecule has 3 nitrogen and oxygen atoms in total. The molecule has 0 amide bonds. The standard InChI is InChI=1S/C17H26N2O/c1-3-18-17(14-5-8-16(20-2)9-6-14)12-19-11-13-4-7-15(19)10-13/h5-6,8-9,13,15,17-18H,3-4,7,10-12H2,1-2H3. The number of likely N-dealkylation sites (N-methyl/N-ethyl adjacent to an activating group) is 1. The van der Waals surface area contributed by atoms with Crippen LogP contribution in [0.15, 0.2) is 24.3 Å². The maximum Gasteiger partial charge on any atom is 0.118 e. The first kappa shape index (κ1) is 13.9. The number of ether oxygens (including phenoxy) is 1. The summed E-state index contributed by atoms with van der Waals surface area (Å²) in [5.41, 5.74) is 1.37. The Labute approximate surface area is 122 Å². The lowest BCUT2D eigenvalue weighted by molar-refractivity contribution is 0.192. The second-order valence-electron chi connectivity index (χ2n) is 6.17. The second kappa shape index (κ2) is 6.15. The molecule has 3 unspecified atom stereocenters. The van der Waals surface area contributed by atoms with Crippen molar-refractivity contribution in [1.29, 1.82) is 0 Å². The molecule has 3 rings (SSSR count). The molecule has 1 aliphatic carbocycles. The van der Waals surface area contributed by atoms with Crippen molar-refractivity contribution in [3.8, 4) is 5.75 Å². The minimum Gasteiger partial charge on any atom is -0.497 e. The van der Waals surface area contributed by atoms with E-state index in [0.29, 0.717) is 6.04 Å². The molecular weight excluding hydrogens is 248 g/mol. The summed E-state index contributed by atoms with van der Waals surface area (Å²) in [4.78, 5) is 2.70. The molecule has 1 saturated heterocycles. The van der Waals surface area contributed by atoms with E-state index in [0.717, 1.165) is 30.8 Å². The van der Waals surface area contributed by atoms with Gasteiger partial charge in [0.1, 0.15) is 5.75 Å². The van der Waals surface area contributed by atoms with Crippen LogP contribution >= 0.6 is 0 Å². The highest BCUT2D eigenvalue weighted by Crippen LogP contribution is 2.38. The maximum atomic E-state index is 5.25. The van der Waals surface area contributed by atoms with Crippen molar-refractivity contribution < 1.29 is 4.74 Å². The predicted molar refractivity (Wildman–Crippen MR) is 82.1 cm³/mol. The molecule has 0 spiro atoms. The van der Waals surface area contributed by atoms with Gasteiger partial charge < -0.3 is 10.1 Å². The van der Waals surface area contributed by atoms with Gasteiger partial charge in [0, 0.05) is 25.2 Å². The van der Waals surface area contributed by atoms with Crippen molar-refractivity contribution in [1.82, 2.24) is 10.2 Å². The van der Waals surface area contributed by atoms with Crippen LogP contribution in [0.2, 0.25) is 0 Å². The number of nitrogens with zero attached hydrogens (tertiary/aromatic N) is 1. The minimum absolute atomic E-state index is 0.435. The number of methoxy groups -OCH3 is 1. The smallest absolute Gasteiger partial charge is 0.118 e. The fourth-order valence-electron chi connectivity index (χ4n) is 3.86. The van der Waals surface area contributed by atoms with Gasteiger partial charge in [-0.15, -0.1) is 0 Å². The number of rotatable bonds is 6. The van der Waals surface area contributed by atoms with Gasteiger partial charge in [-0.05, 0) is 49.4 Å². The molecule has 2 bridgehead atoms. The summed E-state index contributed by atoms with van der Waals surface area (Å²) < 4.78 is 5.25. The molecule has 1 saturated carbocycles. The monoisotopic (exact) mass is 274 g/mol. The Morgan fingerprint density at radius 2 is 2.10 bits per heavy atom. The summed E-state index contributed by atoms with van der Waals surface area (Å²) >= 11 is 0. The summed E-state index contributed by atoms with van der Waals surface area (Å²) in [5.74, 6) is 1.90. The minimum atomic E-state index is 0.435. The molecule has 20 heavy (non-hydrogen) atoms. The quantitative estimate of drug-likeness (QED) is 0.863. The van der Waals surface area contributed by atoms with Gasteiger partial charge in [-0.3, -0.25) is 4.90 Å². The van der Waals surface area contributed by atoms with Gasteiger partial charge >= 0.3 is 0 Å². The molecule has 110 valence electrons. The summed E-state index contributed by atoms with van der Waals surface area (Å²) in [7, 11) is 1.72. The van der Waals surface area contributed by atoms with Crippen molar-refractivity contribution >= 4 is 0 Å². The third-order valence-corrected chi connectivity index (χ3v) is 4.91. The molecule has 1 heterocycles. The zero-order valence-corrected chi connectivity index (χ0v) is 12.6. The van der Waals surface area contributed by atoms with Crippen molar-refractivity contribution in [2.24, 2.45) is 5.92 Å². The molecule has 1 N–H and O–H groups in total. The molecule has 1 aromatic rings. The van der Waals surface area contributed by atoms with Crippen LogP contribution in [-0.2, 0) is 0 Å². The summed E-state index contributed by atoms with van der Waals surface area (Å²) in [6.07, 6.45) is 4.29. The number of nitrogens with one attached hydrogen (secondary N) is 1. The van der Waals surface area contributed by atoms with Gasteiger partial charge in [-0.2, -0.15) is 0 Å². The third kappa shape index (κ3) is 2.84. The van der Waals surface area contributed by atoms with Crippen molar-refractivity contribution in [3.05, 3.63) is 29.8 Å². The van der Waals surface area contributed by atoms with Crippen LogP contribution < -0.4 is 10.1 Å². The number of hydrogen-bond donors (Lipinski definition) is 1. The molecule has 2 aliphatic rings. The Morgan fingerprint density at radius 3 is 2.65 bits per heavy atom. The zero-order valence-electron chi connectivity index (χ0n) is 12.6. The van der Waals surface area contributed by atoms with E-state index >= 15 is 0 Å². The van der Waals surface area contributed by atoms with Gasteiger partial charge in [0.2, 0.25) is 0 Å². The Kier molecular flexibility index (Phi) is 4.27. The molecule has 0 radical (unpaired) electrons. The SMILES string of the molecule is CCNC(CN1CC2CCC1C2)c1ccc(OC)cc1. The van der Waals surface area contributed by atoms with E-state index in [1.165, 1.54) is 31.4 Å². The van der Waals surface area contributed by atoms with Gasteiger partial charge in [0.05, 0.1) is 7.11 Å². The Morgan fingerprint density at radius 1 is 1.30 bits per heavy atom. The van der Waals surface area contributed by atoms with E-state index in [9.17, 15) is 0 Å². The number of fused-ring (bicyclic) bond motifs is 2. The molecule has 1 aromatic carbocycles. The van der Waals surface area contributed by atoms with Crippen LogP contribution in [0.25, 0.3) is 0 Å². The van der Waals surface area contributed by atoms with Crippen LogP contribution in [0.3, 0.4) is 0 Å². The maximum absolute atomic E-state index is 5.25. The first-order valence-corrected chi connectivity index (χ1v) is 7.91. The average molecular weight is 274 g/mol. The number of likely N-dealkylation sites (tertiary alicyclic amines) is 1. The van der Waals surface area contributed by atoms with Crippen LogP contribution in [0.1, 0.15) is 37.8 Å². The van der Waals surface area contributed by atoms with E-state index in [4.69, 9.17) is 4.74 Å². The van der Waals surface area contributed by atoms with Crippen LogP contribution in [0.5, 0.6) is 5.75 Å². The normalized spacial score (nSPS) is 26.9. The molecular formula is C17H26N2O. The first-order chi connectivity index (χ1) is 9.80. The van der Waals surface area contributed by atoms with Gasteiger partial charge in [0.25, 0.3) is 0 Å². The fourth-order valence-corrected chi connectivity index (χ4v) is 3.86. The Bertz CT molecular complexity index is 431. The van der Waals surface area contributed by atoms with Crippen molar-refractivity contribution in [2.75, 3.05) is 26.7 Å². The van der Waals surface area contributed by atoms with Crippen molar-refractivity contribution in [2.45, 2.75) is 38.3 Å². The topological polar surface area (TPSA) is 24.5 Å². The Balaban J connectivity index is 1.68. The molecule has 0 aromatic heterocycles. The lowest BCUT2D eigenvalue weighted by atomic mass is 10.0. The Hall–Kier alpha value is -1.06. The number of benzene rings is 1. The van der Waals surface area contributed by atoms with Gasteiger partial charge in [-0.1, -0.05) is 19.1 Å². The average Bonchev–Trinajstić information content (AvgIpc) is 3.09. The summed E-state index contributed by atoms with van der Waals surface area (Å²) in [5, 5.41) is 3.64. The van der Waals surface area contributed by atoms with E-state index in [-0.39, 0.29) is 0 Å². The molecule has 3 heteroatoms. The molecule has 3 atom stereocenters. The lowest BCUT2D eigenvalue weighted by Gasteiger charge is -2.31. The summed E-state index contributed by atoms with van der Waals surface area (Å²) in [6, 6.07) is 9.80. The number of hydrogen-bond acceptors (Lipinski definition) is 3. The highest BCUT2D eigenvalue weighted by Gasteiger charge is 2.38. The zero-order chi connectivity index (χ0) is 13.9. The van der Waals surface area contributed by atoms with E-state index < -0.39 is 0 Å². The van der Waals surface area contributed by atoms with Crippen molar-refractivity contribution in [3.63, 3.8) is 0 Å². The van der Waals surface area contributed by atoms with Crippen LogP contribution in [0, 0.1) is 5.92 Å². The largest absolute Gasteiger partial charge is 0.497 e.